The van der Waals surface area contributed by atoms with E-state index in [2.05, 4.69) is 37.9 Å². The van der Waals surface area contributed by atoms with Crippen molar-refractivity contribution in [2.24, 2.45) is 0 Å². The molecule has 2 N–H and O–H groups in total. The number of rotatable bonds is 3. The van der Waals surface area contributed by atoms with Gasteiger partial charge in [0.1, 0.15) is 5.82 Å². The van der Waals surface area contributed by atoms with Gasteiger partial charge in [0.15, 0.2) is 5.11 Å². The van der Waals surface area contributed by atoms with Crippen LogP contribution in [0.4, 0.5) is 10.1 Å². The fourth-order valence-electron chi connectivity index (χ4n) is 3.68. The monoisotopic (exact) mass is 492 g/mol. The molecule has 3 heterocycles. The van der Waals surface area contributed by atoms with Crippen LogP contribution in [0.3, 0.4) is 0 Å². The van der Waals surface area contributed by atoms with Crippen LogP contribution in [0.15, 0.2) is 48.7 Å². The van der Waals surface area contributed by atoms with Crippen LogP contribution in [0.25, 0.3) is 0 Å². The van der Waals surface area contributed by atoms with Gasteiger partial charge in [0.2, 0.25) is 0 Å². The molecule has 0 aliphatic carbocycles. The van der Waals surface area contributed by atoms with Crippen molar-refractivity contribution in [1.29, 1.82) is 0 Å². The minimum atomic E-state index is -0.298. The Hall–Kier alpha value is -2.00. The number of hydrogen-bond acceptors (Lipinski definition) is 2. The van der Waals surface area contributed by atoms with Crippen molar-refractivity contribution < 1.29 is 4.39 Å². The summed E-state index contributed by atoms with van der Waals surface area (Å²) in [7, 11) is 0. The largest absolute Gasteiger partial charge is 0.362 e. The molecular weight excluding hydrogens is 474 g/mol. The quantitative estimate of drug-likeness (QED) is 0.402. The number of hydrogen-bond donors (Lipinski definition) is 2. The maximum absolute atomic E-state index is 14.7. The molecule has 1 aliphatic heterocycles. The molecule has 1 aliphatic rings. The van der Waals surface area contributed by atoms with E-state index in [0.717, 1.165) is 26.2 Å². The second-order valence-electron chi connectivity index (χ2n) is 6.55. The van der Waals surface area contributed by atoms with Crippen molar-refractivity contribution in [3.05, 3.63) is 80.7 Å². The number of nitrogens with one attached hydrogen (secondary N) is 2. The SMILES string of the molecule is Cc1[nH]c(C)c([C@@H]2[C@@H](c3ccccn3)NC(=S)N2c2ccccc2F)c1I. The maximum atomic E-state index is 14.7. The Balaban J connectivity index is 1.92. The van der Waals surface area contributed by atoms with Crippen molar-refractivity contribution >= 4 is 45.6 Å². The van der Waals surface area contributed by atoms with Crippen LogP contribution in [-0.4, -0.2) is 15.1 Å². The van der Waals surface area contributed by atoms with Crippen LogP contribution in [0.2, 0.25) is 0 Å². The molecule has 2 aromatic heterocycles. The third-order valence-corrected chi connectivity index (χ3v) is 6.56. The Morgan fingerprint density at radius 3 is 2.48 bits per heavy atom. The van der Waals surface area contributed by atoms with Crippen LogP contribution in [0.5, 0.6) is 0 Å². The molecule has 4 nitrogen and oxygen atoms in total. The van der Waals surface area contributed by atoms with Crippen molar-refractivity contribution in [2.45, 2.75) is 25.9 Å². The third kappa shape index (κ3) is 3.12. The van der Waals surface area contributed by atoms with E-state index in [1.807, 2.05) is 43.0 Å². The summed E-state index contributed by atoms with van der Waals surface area (Å²) in [5.41, 5.74) is 4.59. The van der Waals surface area contributed by atoms with Crippen molar-refractivity contribution in [3.8, 4) is 0 Å². The van der Waals surface area contributed by atoms with Crippen LogP contribution in [0, 0.1) is 23.2 Å². The molecule has 0 saturated carbocycles. The van der Waals surface area contributed by atoms with Gasteiger partial charge in [0.25, 0.3) is 0 Å². The highest BCUT2D eigenvalue weighted by atomic mass is 127. The molecule has 0 bridgehead atoms. The number of aromatic nitrogens is 2. The van der Waals surface area contributed by atoms with E-state index in [1.54, 1.807) is 18.3 Å². The summed E-state index contributed by atoms with van der Waals surface area (Å²) in [6.45, 7) is 4.09. The molecule has 138 valence electrons. The molecule has 1 saturated heterocycles. The first-order chi connectivity index (χ1) is 13.0. The molecule has 1 aromatic carbocycles. The topological polar surface area (TPSA) is 44.0 Å². The van der Waals surface area contributed by atoms with E-state index in [-0.39, 0.29) is 17.9 Å². The number of nitrogens with zero attached hydrogens (tertiary/aromatic N) is 2. The molecule has 0 spiro atoms. The molecule has 0 unspecified atom stereocenters. The highest BCUT2D eigenvalue weighted by Gasteiger charge is 2.43. The summed E-state index contributed by atoms with van der Waals surface area (Å²) in [5.74, 6) is -0.298. The smallest absolute Gasteiger partial charge is 0.174 e. The minimum absolute atomic E-state index is 0.180. The van der Waals surface area contributed by atoms with Crippen molar-refractivity contribution in [2.75, 3.05) is 4.90 Å². The van der Waals surface area contributed by atoms with E-state index in [9.17, 15) is 4.39 Å². The Bertz CT molecular complexity index is 1000. The standard InChI is InChI=1S/C20H18FIN4S/c1-11-16(17(22)12(2)24-11)19-18(14-8-5-6-10-23-14)25-20(27)26(19)15-9-4-3-7-13(15)21/h3-10,18-19,24H,1-2H3,(H,25,27)/t18-,19-/m1/s1. The molecule has 0 radical (unpaired) electrons. The van der Waals surface area contributed by atoms with E-state index in [1.165, 1.54) is 6.07 Å². The van der Waals surface area contributed by atoms with Gasteiger partial charge in [0, 0.05) is 26.7 Å². The average molecular weight is 492 g/mol. The van der Waals surface area contributed by atoms with Gasteiger partial charge in [-0.25, -0.2) is 4.39 Å². The molecule has 1 fully saturated rings. The van der Waals surface area contributed by atoms with E-state index >= 15 is 0 Å². The molecule has 4 rings (SSSR count). The maximum Gasteiger partial charge on any atom is 0.174 e. The fraction of sp³-hybridized carbons (Fsp3) is 0.200. The lowest BCUT2D eigenvalue weighted by atomic mass is 9.96. The molecule has 0 amide bonds. The number of thiocarbonyl (C=S) groups is 1. The zero-order chi connectivity index (χ0) is 19.1. The Labute approximate surface area is 176 Å². The predicted octanol–water partition coefficient (Wildman–Crippen LogP) is 4.95. The Morgan fingerprint density at radius 2 is 1.85 bits per heavy atom. The lowest BCUT2D eigenvalue weighted by Crippen LogP contribution is -2.30. The Morgan fingerprint density at radius 1 is 1.11 bits per heavy atom. The molecule has 7 heteroatoms. The number of benzene rings is 1. The summed E-state index contributed by atoms with van der Waals surface area (Å²) in [6.07, 6.45) is 1.77. The summed E-state index contributed by atoms with van der Waals surface area (Å²) in [4.78, 5) is 9.82. The molecule has 27 heavy (non-hydrogen) atoms. The van der Waals surface area contributed by atoms with Gasteiger partial charge in [-0.1, -0.05) is 18.2 Å². The van der Waals surface area contributed by atoms with Gasteiger partial charge in [-0.15, -0.1) is 0 Å². The number of H-pyrrole nitrogens is 1. The second-order valence-corrected chi connectivity index (χ2v) is 8.02. The van der Waals surface area contributed by atoms with Gasteiger partial charge >= 0.3 is 0 Å². The lowest BCUT2D eigenvalue weighted by molar-refractivity contribution is 0.555. The second kappa shape index (κ2) is 7.20. The minimum Gasteiger partial charge on any atom is -0.362 e. The Kier molecular flexibility index (Phi) is 4.90. The fourth-order valence-corrected chi connectivity index (χ4v) is 4.87. The summed E-state index contributed by atoms with van der Waals surface area (Å²) < 4.78 is 15.8. The van der Waals surface area contributed by atoms with Gasteiger partial charge in [-0.05, 0) is 72.9 Å². The third-order valence-electron chi connectivity index (χ3n) is 4.85. The van der Waals surface area contributed by atoms with Crippen LogP contribution >= 0.6 is 34.8 Å². The summed E-state index contributed by atoms with van der Waals surface area (Å²) in [6, 6.07) is 12.2. The van der Waals surface area contributed by atoms with Crippen LogP contribution in [-0.2, 0) is 0 Å². The van der Waals surface area contributed by atoms with E-state index in [0.29, 0.717) is 10.8 Å². The number of aromatic amines is 1. The molecular formula is C20H18FIN4S. The first-order valence-corrected chi connectivity index (χ1v) is 10.1. The molecule has 2 atom stereocenters. The predicted molar refractivity (Wildman–Crippen MR) is 117 cm³/mol. The zero-order valence-corrected chi connectivity index (χ0v) is 17.8. The van der Waals surface area contributed by atoms with E-state index in [4.69, 9.17) is 12.2 Å². The number of aryl methyl sites for hydroxylation is 2. The normalized spacial score (nSPS) is 19.4. The van der Waals surface area contributed by atoms with Crippen molar-refractivity contribution in [1.82, 2.24) is 15.3 Å². The number of para-hydroxylation sites is 1. The van der Waals surface area contributed by atoms with Gasteiger partial charge in [0.05, 0.1) is 23.5 Å². The van der Waals surface area contributed by atoms with Gasteiger partial charge < -0.3 is 15.2 Å². The number of anilines is 1. The molecule has 3 aromatic rings. The van der Waals surface area contributed by atoms with E-state index < -0.39 is 0 Å². The first kappa shape index (κ1) is 18.4. The summed E-state index contributed by atoms with van der Waals surface area (Å²) >= 11 is 7.98. The average Bonchev–Trinajstić information content (AvgIpc) is 3.12. The lowest BCUT2D eigenvalue weighted by Gasteiger charge is -2.28. The van der Waals surface area contributed by atoms with Crippen LogP contribution < -0.4 is 10.2 Å². The van der Waals surface area contributed by atoms with Crippen molar-refractivity contribution in [3.63, 3.8) is 0 Å². The zero-order valence-electron chi connectivity index (χ0n) is 14.8. The summed E-state index contributed by atoms with van der Waals surface area (Å²) in [5, 5.41) is 3.86. The number of halogens is 2. The number of pyridine rings is 1. The first-order valence-electron chi connectivity index (χ1n) is 8.58. The van der Waals surface area contributed by atoms with Crippen LogP contribution in [0.1, 0.15) is 34.7 Å². The highest BCUT2D eigenvalue weighted by Crippen LogP contribution is 2.45. The highest BCUT2D eigenvalue weighted by molar-refractivity contribution is 14.1. The van der Waals surface area contributed by atoms with Gasteiger partial charge in [-0.2, -0.15) is 0 Å². The van der Waals surface area contributed by atoms with Gasteiger partial charge in [-0.3, -0.25) is 4.98 Å².